The molecule has 3 N–H and O–H groups in total. The lowest BCUT2D eigenvalue weighted by atomic mass is 9.91. The molecule has 0 fully saturated rings. The third-order valence-corrected chi connectivity index (χ3v) is 5.75. The second-order valence-corrected chi connectivity index (χ2v) is 10.7. The number of unbranched alkanes of at least 4 members (excludes halogenated alkanes) is 1. The molecule has 0 spiro atoms. The molecule has 0 bridgehead atoms. The van der Waals surface area contributed by atoms with Crippen molar-refractivity contribution in [2.45, 2.75) is 84.1 Å². The molecule has 0 radical (unpaired) electrons. The van der Waals surface area contributed by atoms with Gasteiger partial charge in [-0.2, -0.15) is 0 Å². The molecule has 2 aromatic rings. The van der Waals surface area contributed by atoms with Crippen molar-refractivity contribution in [3.05, 3.63) is 71.8 Å². The summed E-state index contributed by atoms with van der Waals surface area (Å²) in [6.07, 6.45) is 1.10. The van der Waals surface area contributed by atoms with Gasteiger partial charge in [0, 0.05) is 19.9 Å². The van der Waals surface area contributed by atoms with Crippen molar-refractivity contribution in [1.82, 2.24) is 16.0 Å². The van der Waals surface area contributed by atoms with Gasteiger partial charge in [0.25, 0.3) is 0 Å². The summed E-state index contributed by atoms with van der Waals surface area (Å²) >= 11 is 0. The first-order valence-electron chi connectivity index (χ1n) is 13.2. The van der Waals surface area contributed by atoms with Crippen LogP contribution in [0.3, 0.4) is 0 Å². The number of ether oxygens (including phenoxy) is 2. The number of rotatable bonds is 13. The molecular weight excluding hydrogens is 498 g/mol. The minimum Gasteiger partial charge on any atom is -0.458 e. The average molecular weight is 540 g/mol. The van der Waals surface area contributed by atoms with E-state index in [1.54, 1.807) is 27.7 Å². The van der Waals surface area contributed by atoms with Crippen molar-refractivity contribution in [3.63, 3.8) is 0 Å². The van der Waals surface area contributed by atoms with Gasteiger partial charge < -0.3 is 25.4 Å². The Labute approximate surface area is 231 Å². The van der Waals surface area contributed by atoms with Crippen molar-refractivity contribution in [3.8, 4) is 0 Å². The molecule has 9 nitrogen and oxygen atoms in total. The number of nitrogens with one attached hydrogen (secondary N) is 3. The highest BCUT2D eigenvalue weighted by Gasteiger charge is 2.37. The minimum atomic E-state index is -1.28. The van der Waals surface area contributed by atoms with Crippen LogP contribution in [0, 0.1) is 0 Å². The van der Waals surface area contributed by atoms with Crippen LogP contribution in [-0.2, 0) is 36.9 Å². The highest BCUT2D eigenvalue weighted by Crippen LogP contribution is 2.17. The van der Waals surface area contributed by atoms with Gasteiger partial charge in [0.1, 0.15) is 23.8 Å². The van der Waals surface area contributed by atoms with Crippen LogP contribution in [0.5, 0.6) is 0 Å². The first-order chi connectivity index (χ1) is 18.4. The molecule has 0 saturated heterocycles. The van der Waals surface area contributed by atoms with Crippen molar-refractivity contribution < 1.29 is 28.7 Å². The number of amides is 3. The maximum Gasteiger partial charge on any atom is 0.407 e. The average Bonchev–Trinajstić information content (AvgIpc) is 2.86. The lowest BCUT2D eigenvalue weighted by Crippen LogP contribution is -2.60. The molecule has 0 aromatic heterocycles. The van der Waals surface area contributed by atoms with E-state index in [-0.39, 0.29) is 18.9 Å². The lowest BCUT2D eigenvalue weighted by molar-refractivity contribution is -0.159. The molecule has 3 amide bonds. The lowest BCUT2D eigenvalue weighted by Gasteiger charge is -2.32. The maximum absolute atomic E-state index is 13.4. The van der Waals surface area contributed by atoms with Gasteiger partial charge in [-0.25, -0.2) is 9.59 Å². The molecule has 0 aliphatic heterocycles. The molecule has 0 unspecified atom stereocenters. The molecule has 0 aliphatic rings. The molecule has 212 valence electrons. The molecule has 39 heavy (non-hydrogen) atoms. The fraction of sp³-hybridized carbons (Fsp3) is 0.467. The number of carbonyl (C=O) groups is 4. The van der Waals surface area contributed by atoms with Gasteiger partial charge in [0.05, 0.1) is 0 Å². The van der Waals surface area contributed by atoms with Crippen LogP contribution < -0.4 is 16.0 Å². The topological polar surface area (TPSA) is 123 Å². The molecule has 0 aliphatic carbocycles. The normalized spacial score (nSPS) is 13.4. The summed E-state index contributed by atoms with van der Waals surface area (Å²) in [4.78, 5) is 50.4. The minimum absolute atomic E-state index is 0.176. The fourth-order valence-electron chi connectivity index (χ4n) is 3.95. The number of esters is 1. The summed E-state index contributed by atoms with van der Waals surface area (Å²) in [5.41, 5.74) is -0.267. The Bertz CT molecular complexity index is 1080. The van der Waals surface area contributed by atoms with Crippen molar-refractivity contribution in [2.24, 2.45) is 0 Å². The molecule has 0 saturated carbocycles. The molecule has 2 rings (SSSR count). The third-order valence-electron chi connectivity index (χ3n) is 5.75. The fourth-order valence-corrected chi connectivity index (χ4v) is 3.95. The smallest absolute Gasteiger partial charge is 0.407 e. The van der Waals surface area contributed by atoms with Crippen LogP contribution in [-0.4, -0.2) is 47.6 Å². The van der Waals surface area contributed by atoms with Crippen LogP contribution in [0.1, 0.15) is 65.0 Å². The number of hydrogen-bond acceptors (Lipinski definition) is 6. The van der Waals surface area contributed by atoms with Crippen LogP contribution >= 0.6 is 0 Å². The van der Waals surface area contributed by atoms with Crippen LogP contribution in [0.25, 0.3) is 0 Å². The van der Waals surface area contributed by atoms with Gasteiger partial charge in [0.2, 0.25) is 11.8 Å². The molecule has 0 heterocycles. The van der Waals surface area contributed by atoms with E-state index in [1.807, 2.05) is 60.7 Å². The predicted molar refractivity (Wildman–Crippen MR) is 149 cm³/mol. The number of carbonyl (C=O) groups excluding carboxylic acids is 4. The zero-order valence-electron chi connectivity index (χ0n) is 23.5. The molecule has 2 aromatic carbocycles. The Balaban J connectivity index is 1.96. The van der Waals surface area contributed by atoms with Gasteiger partial charge in [-0.1, -0.05) is 60.7 Å². The van der Waals surface area contributed by atoms with E-state index in [0.29, 0.717) is 25.8 Å². The summed E-state index contributed by atoms with van der Waals surface area (Å²) in [5.74, 6) is -1.40. The number of hydrogen-bond donors (Lipinski definition) is 3. The summed E-state index contributed by atoms with van der Waals surface area (Å²) in [6.45, 7) is 8.77. The van der Waals surface area contributed by atoms with Gasteiger partial charge in [0.15, 0.2) is 0 Å². The Morgan fingerprint density at radius 3 is 2.00 bits per heavy atom. The highest BCUT2D eigenvalue weighted by molar-refractivity contribution is 5.93. The van der Waals surface area contributed by atoms with Crippen LogP contribution in [0.4, 0.5) is 4.79 Å². The largest absolute Gasteiger partial charge is 0.458 e. The Morgan fingerprint density at radius 1 is 0.846 bits per heavy atom. The van der Waals surface area contributed by atoms with Gasteiger partial charge in [-0.15, -0.1) is 0 Å². The standard InChI is InChI=1S/C30H41N3O6/c1-22(34)33-30(5,20-23-14-8-6-9-15-23)27(36)32-25(26(35)39-29(2,3)4)18-12-13-19-31-28(37)38-21-24-16-10-7-11-17-24/h6-11,14-17,25H,12-13,18-21H2,1-5H3,(H,31,37)(H,32,36)(H,33,34)/t25-,30+/m0/s1. The summed E-state index contributed by atoms with van der Waals surface area (Å²) in [7, 11) is 0. The third kappa shape index (κ3) is 12.0. The molecular formula is C30H41N3O6. The van der Waals surface area contributed by atoms with E-state index in [1.165, 1.54) is 6.92 Å². The van der Waals surface area contributed by atoms with E-state index in [2.05, 4.69) is 16.0 Å². The highest BCUT2D eigenvalue weighted by atomic mass is 16.6. The first-order valence-corrected chi connectivity index (χ1v) is 13.2. The van der Waals surface area contributed by atoms with E-state index in [4.69, 9.17) is 9.47 Å². The zero-order chi connectivity index (χ0) is 28.9. The van der Waals surface area contributed by atoms with E-state index >= 15 is 0 Å². The SMILES string of the molecule is CC(=O)N[C@](C)(Cc1ccccc1)C(=O)N[C@@H](CCCCNC(=O)OCc1ccccc1)C(=O)OC(C)(C)C. The Kier molecular flexibility index (Phi) is 12.0. The van der Waals surface area contributed by atoms with Crippen molar-refractivity contribution in [1.29, 1.82) is 0 Å². The Hall–Kier alpha value is -3.88. The van der Waals surface area contributed by atoms with Gasteiger partial charge in [-0.3, -0.25) is 9.59 Å². The van der Waals surface area contributed by atoms with E-state index in [9.17, 15) is 19.2 Å². The van der Waals surface area contributed by atoms with Crippen molar-refractivity contribution in [2.75, 3.05) is 6.54 Å². The molecule has 2 atom stereocenters. The maximum atomic E-state index is 13.4. The number of alkyl carbamates (subject to hydrolysis) is 1. The summed E-state index contributed by atoms with van der Waals surface area (Å²) in [6, 6.07) is 17.8. The zero-order valence-corrected chi connectivity index (χ0v) is 23.5. The van der Waals surface area contributed by atoms with Crippen LogP contribution in [0.2, 0.25) is 0 Å². The second kappa shape index (κ2) is 14.9. The van der Waals surface area contributed by atoms with Gasteiger partial charge >= 0.3 is 12.1 Å². The Morgan fingerprint density at radius 2 is 1.44 bits per heavy atom. The molecule has 9 heteroatoms. The predicted octanol–water partition coefficient (Wildman–Crippen LogP) is 4.05. The van der Waals surface area contributed by atoms with E-state index < -0.39 is 35.2 Å². The summed E-state index contributed by atoms with van der Waals surface area (Å²) < 4.78 is 10.8. The van der Waals surface area contributed by atoms with Crippen LogP contribution in [0.15, 0.2) is 60.7 Å². The summed E-state index contributed by atoms with van der Waals surface area (Å²) in [5, 5.41) is 8.24. The van der Waals surface area contributed by atoms with Gasteiger partial charge in [-0.05, 0) is 58.1 Å². The second-order valence-electron chi connectivity index (χ2n) is 10.7. The quantitative estimate of drug-likeness (QED) is 0.261. The van der Waals surface area contributed by atoms with Crippen molar-refractivity contribution >= 4 is 23.9 Å². The van der Waals surface area contributed by atoms with E-state index in [0.717, 1.165) is 11.1 Å². The first kappa shape index (κ1) is 31.3. The monoisotopic (exact) mass is 539 g/mol. The number of benzene rings is 2.